The van der Waals surface area contributed by atoms with E-state index in [0.29, 0.717) is 58.1 Å². The number of ether oxygens (including phenoxy) is 2. The normalized spacial score (nSPS) is 21.3. The van der Waals surface area contributed by atoms with Crippen molar-refractivity contribution in [1.29, 1.82) is 0 Å². The molecule has 5 heterocycles. The molecule has 4 atom stereocenters. The number of likely N-dealkylation sites (tertiary alicyclic amines) is 1. The number of nitrogens with one attached hydrogen (secondary N) is 2. The zero-order chi connectivity index (χ0) is 39.3. The molecule has 2 aromatic carbocycles. The van der Waals surface area contributed by atoms with Crippen molar-refractivity contribution in [3.05, 3.63) is 89.9 Å². The van der Waals surface area contributed by atoms with E-state index in [1.165, 1.54) is 17.1 Å². The number of rotatable bonds is 13. The summed E-state index contributed by atoms with van der Waals surface area (Å²) >= 11 is 0. The smallest absolute Gasteiger partial charge is 0.409 e. The van der Waals surface area contributed by atoms with Gasteiger partial charge in [0.2, 0.25) is 0 Å². The summed E-state index contributed by atoms with van der Waals surface area (Å²) in [6.07, 6.45) is 3.45. The van der Waals surface area contributed by atoms with Gasteiger partial charge in [0.15, 0.2) is 0 Å². The molecule has 16 heteroatoms. The number of imide groups is 1. The summed E-state index contributed by atoms with van der Waals surface area (Å²) in [6.45, 7) is 4.10. The summed E-state index contributed by atoms with van der Waals surface area (Å²) < 4.78 is 58.1. The largest absolute Gasteiger partial charge is 0.447 e. The summed E-state index contributed by atoms with van der Waals surface area (Å²) in [5.74, 6) is -2.37. The SMILES string of the molecule is CC(COC(=O)N1CC(CN2C(=O)C=CC2=O)C1)NC(=O)N(C[C@@H]1CNC[C@@H]1F)[C@@H](c1nc(-c2cc(F)ccc2F)cn1Cc1ccccc1)C1CCOCC1. The zero-order valence-corrected chi connectivity index (χ0v) is 31.1. The van der Waals surface area contributed by atoms with Gasteiger partial charge >= 0.3 is 12.1 Å². The quantitative estimate of drug-likeness (QED) is 0.246. The van der Waals surface area contributed by atoms with Gasteiger partial charge in [-0.25, -0.2) is 27.7 Å². The van der Waals surface area contributed by atoms with E-state index in [1.54, 1.807) is 18.0 Å². The molecule has 3 fully saturated rings. The van der Waals surface area contributed by atoms with Crippen molar-refractivity contribution in [1.82, 2.24) is 34.9 Å². The molecule has 7 rings (SSSR count). The van der Waals surface area contributed by atoms with Crippen molar-refractivity contribution in [2.75, 3.05) is 59.1 Å². The van der Waals surface area contributed by atoms with Gasteiger partial charge in [0, 0.05) is 94.8 Å². The predicted molar refractivity (Wildman–Crippen MR) is 198 cm³/mol. The predicted octanol–water partition coefficient (Wildman–Crippen LogP) is 4.30. The van der Waals surface area contributed by atoms with Crippen molar-refractivity contribution >= 4 is 23.9 Å². The average Bonchev–Trinajstić information content (AvgIpc) is 3.87. The molecule has 0 radical (unpaired) electrons. The van der Waals surface area contributed by atoms with Gasteiger partial charge in [0.05, 0.1) is 17.8 Å². The van der Waals surface area contributed by atoms with Crippen LogP contribution < -0.4 is 10.6 Å². The number of benzene rings is 2. The minimum absolute atomic E-state index is 0.0254. The molecule has 1 aromatic heterocycles. The van der Waals surface area contributed by atoms with Crippen LogP contribution in [-0.4, -0.2) is 119 Å². The molecule has 3 aromatic rings. The van der Waals surface area contributed by atoms with Gasteiger partial charge in [-0.15, -0.1) is 0 Å². The van der Waals surface area contributed by atoms with Crippen LogP contribution in [0, 0.1) is 29.4 Å². The van der Waals surface area contributed by atoms with Crippen LogP contribution >= 0.6 is 0 Å². The number of urea groups is 1. The number of amides is 5. The van der Waals surface area contributed by atoms with Crippen LogP contribution in [0.1, 0.15) is 37.2 Å². The van der Waals surface area contributed by atoms with Crippen molar-refractivity contribution in [2.45, 2.75) is 44.6 Å². The van der Waals surface area contributed by atoms with Gasteiger partial charge in [-0.05, 0) is 49.4 Å². The van der Waals surface area contributed by atoms with Crippen LogP contribution in [0.25, 0.3) is 11.3 Å². The zero-order valence-electron chi connectivity index (χ0n) is 31.1. The van der Waals surface area contributed by atoms with E-state index in [9.17, 15) is 23.6 Å². The molecule has 0 saturated carbocycles. The topological polar surface area (TPSA) is 138 Å². The van der Waals surface area contributed by atoms with E-state index in [4.69, 9.17) is 14.5 Å². The molecule has 5 amide bonds. The molecule has 4 aliphatic heterocycles. The molecule has 2 N–H and O–H groups in total. The maximum Gasteiger partial charge on any atom is 0.409 e. The van der Waals surface area contributed by atoms with Crippen LogP contribution in [0.3, 0.4) is 0 Å². The van der Waals surface area contributed by atoms with Crippen molar-refractivity contribution < 1.29 is 41.8 Å². The molecular formula is C40H46F3N7O6. The summed E-state index contributed by atoms with van der Waals surface area (Å²) in [5.41, 5.74) is 1.09. The van der Waals surface area contributed by atoms with Crippen LogP contribution in [0.15, 0.2) is 66.9 Å². The first kappa shape index (κ1) is 39.0. The Bertz CT molecular complexity index is 1920. The van der Waals surface area contributed by atoms with E-state index >= 15 is 8.78 Å². The Morgan fingerprint density at radius 3 is 2.48 bits per heavy atom. The number of nitrogens with zero attached hydrogens (tertiary/aromatic N) is 5. The Balaban J connectivity index is 1.13. The number of alkyl halides is 1. The van der Waals surface area contributed by atoms with E-state index in [1.807, 2.05) is 34.9 Å². The van der Waals surface area contributed by atoms with Gasteiger partial charge < -0.3 is 34.5 Å². The second kappa shape index (κ2) is 17.3. The lowest BCUT2D eigenvalue weighted by atomic mass is 9.89. The maximum absolute atomic E-state index is 15.3. The van der Waals surface area contributed by atoms with Crippen molar-refractivity contribution in [3.8, 4) is 11.3 Å². The molecular weight excluding hydrogens is 731 g/mol. The van der Waals surface area contributed by atoms with Crippen LogP contribution in [0.4, 0.5) is 22.8 Å². The Labute approximate surface area is 322 Å². The Hall–Kier alpha value is -5.22. The second-order valence-electron chi connectivity index (χ2n) is 15.0. The Morgan fingerprint density at radius 1 is 1.05 bits per heavy atom. The lowest BCUT2D eigenvalue weighted by Gasteiger charge is -2.40. The summed E-state index contributed by atoms with van der Waals surface area (Å²) in [6, 6.07) is 10.9. The molecule has 0 spiro atoms. The molecule has 3 saturated heterocycles. The third kappa shape index (κ3) is 8.91. The Morgan fingerprint density at radius 2 is 1.79 bits per heavy atom. The number of halogens is 3. The highest BCUT2D eigenvalue weighted by Crippen LogP contribution is 2.38. The molecule has 1 unspecified atom stereocenters. The highest BCUT2D eigenvalue weighted by molar-refractivity contribution is 6.12. The first-order valence-corrected chi connectivity index (χ1v) is 19.0. The monoisotopic (exact) mass is 777 g/mol. The highest BCUT2D eigenvalue weighted by atomic mass is 19.1. The average molecular weight is 778 g/mol. The fraction of sp³-hybridized carbons (Fsp3) is 0.475. The molecule has 13 nitrogen and oxygen atoms in total. The van der Waals surface area contributed by atoms with Crippen LogP contribution in [0.5, 0.6) is 0 Å². The van der Waals surface area contributed by atoms with Gasteiger partial charge in [-0.3, -0.25) is 14.5 Å². The first-order chi connectivity index (χ1) is 27.0. The third-order valence-corrected chi connectivity index (χ3v) is 10.9. The van der Waals surface area contributed by atoms with E-state index < -0.39 is 47.9 Å². The summed E-state index contributed by atoms with van der Waals surface area (Å²) in [5, 5.41) is 6.04. The summed E-state index contributed by atoms with van der Waals surface area (Å²) in [7, 11) is 0. The van der Waals surface area contributed by atoms with E-state index in [-0.39, 0.29) is 61.1 Å². The molecule has 4 aliphatic rings. The van der Waals surface area contributed by atoms with Crippen molar-refractivity contribution in [2.24, 2.45) is 17.8 Å². The van der Waals surface area contributed by atoms with Gasteiger partial charge in [0.25, 0.3) is 11.8 Å². The third-order valence-electron chi connectivity index (χ3n) is 10.9. The van der Waals surface area contributed by atoms with E-state index in [2.05, 4.69) is 10.6 Å². The lowest BCUT2D eigenvalue weighted by molar-refractivity contribution is -0.138. The second-order valence-corrected chi connectivity index (χ2v) is 15.0. The minimum atomic E-state index is -1.21. The molecule has 0 bridgehead atoms. The van der Waals surface area contributed by atoms with Gasteiger partial charge in [0.1, 0.15) is 30.2 Å². The number of carbonyl (C=O) groups excluding carboxylic acids is 4. The number of imidazole rings is 1. The maximum atomic E-state index is 15.3. The number of hydrogen-bond acceptors (Lipinski definition) is 8. The van der Waals surface area contributed by atoms with Gasteiger partial charge in [-0.2, -0.15) is 0 Å². The highest BCUT2D eigenvalue weighted by Gasteiger charge is 2.41. The number of carbonyl (C=O) groups is 4. The van der Waals surface area contributed by atoms with Crippen LogP contribution in [0.2, 0.25) is 0 Å². The standard InChI is InChI=1S/C40H46F3N7O6/c1-25(24-56-40(54)48-19-27(20-48)21-49-35(51)9-10-36(49)52)45-39(53)50(22-29-16-44-17-33(29)43)37(28-11-13-55-14-12-28)38-46-34(31-15-30(41)7-8-32(31)42)23-47(38)18-26-5-3-2-4-6-26/h2-10,15,23,25,27-29,33,37,44H,11-14,16-22,24H2,1H3,(H,45,53)/t25?,29-,33-,37+/m0/s1. The first-order valence-electron chi connectivity index (χ1n) is 19.0. The fourth-order valence-electron chi connectivity index (χ4n) is 7.81. The molecule has 0 aliphatic carbocycles. The van der Waals surface area contributed by atoms with Crippen molar-refractivity contribution in [3.63, 3.8) is 0 Å². The number of aromatic nitrogens is 2. The number of hydrogen-bond donors (Lipinski definition) is 2. The van der Waals surface area contributed by atoms with Gasteiger partial charge in [-0.1, -0.05) is 30.3 Å². The summed E-state index contributed by atoms with van der Waals surface area (Å²) in [4.78, 5) is 60.4. The fourth-order valence-corrected chi connectivity index (χ4v) is 7.81. The Kier molecular flexibility index (Phi) is 12.0. The lowest BCUT2D eigenvalue weighted by Crippen LogP contribution is -2.55. The minimum Gasteiger partial charge on any atom is -0.447 e. The molecule has 56 heavy (non-hydrogen) atoms. The van der Waals surface area contributed by atoms with E-state index in [0.717, 1.165) is 28.7 Å². The van der Waals surface area contributed by atoms with Crippen LogP contribution in [-0.2, 0) is 25.6 Å². The molecule has 298 valence electrons.